The highest BCUT2D eigenvalue weighted by Crippen LogP contribution is 2.17. The van der Waals surface area contributed by atoms with Crippen LogP contribution in [-0.2, 0) is 4.74 Å². The highest BCUT2D eigenvalue weighted by atomic mass is 79.9. The van der Waals surface area contributed by atoms with Gasteiger partial charge < -0.3 is 14.8 Å². The summed E-state index contributed by atoms with van der Waals surface area (Å²) < 4.78 is 10.4. The summed E-state index contributed by atoms with van der Waals surface area (Å²) in [6.07, 6.45) is 0.809. The fraction of sp³-hybridized carbons (Fsp3) is 0.133. The van der Waals surface area contributed by atoms with E-state index in [-0.39, 0.29) is 6.61 Å². The Morgan fingerprint density at radius 2 is 1.87 bits per heavy atom. The SMILES string of the molecule is CCOC(=O)Oc1ccc(NC(=O)Nc2ccc(Br)cn2)cc1. The highest BCUT2D eigenvalue weighted by molar-refractivity contribution is 9.10. The van der Waals surface area contributed by atoms with Crippen LogP contribution >= 0.6 is 15.9 Å². The van der Waals surface area contributed by atoms with Crippen LogP contribution in [-0.4, -0.2) is 23.8 Å². The van der Waals surface area contributed by atoms with Crippen LogP contribution in [0, 0.1) is 0 Å². The lowest BCUT2D eigenvalue weighted by Crippen LogP contribution is -2.20. The first-order chi connectivity index (χ1) is 11.1. The molecule has 0 saturated carbocycles. The third-order valence-corrected chi connectivity index (χ3v) is 3.01. The van der Waals surface area contributed by atoms with E-state index in [0.29, 0.717) is 17.3 Å². The molecular formula is C15H14BrN3O4. The molecule has 2 rings (SSSR count). The number of anilines is 2. The molecule has 0 fully saturated rings. The standard InChI is InChI=1S/C15H14BrN3O4/c1-2-22-15(21)23-12-6-4-11(5-7-12)18-14(20)19-13-8-3-10(16)9-17-13/h3-9H,2H2,1H3,(H2,17,18,19,20). The average Bonchev–Trinajstić information content (AvgIpc) is 2.52. The van der Waals surface area contributed by atoms with Gasteiger partial charge in [0.05, 0.1) is 6.61 Å². The summed E-state index contributed by atoms with van der Waals surface area (Å²) in [7, 11) is 0. The highest BCUT2D eigenvalue weighted by Gasteiger charge is 2.06. The van der Waals surface area contributed by atoms with E-state index in [1.165, 1.54) is 0 Å². The van der Waals surface area contributed by atoms with E-state index >= 15 is 0 Å². The van der Waals surface area contributed by atoms with Gasteiger partial charge in [-0.2, -0.15) is 0 Å². The number of benzene rings is 1. The Balaban J connectivity index is 1.88. The molecular weight excluding hydrogens is 366 g/mol. The zero-order valence-electron chi connectivity index (χ0n) is 12.2. The van der Waals surface area contributed by atoms with E-state index in [9.17, 15) is 9.59 Å². The molecule has 0 unspecified atom stereocenters. The second-order valence-corrected chi connectivity index (χ2v) is 5.17. The maximum atomic E-state index is 11.8. The number of hydrogen-bond donors (Lipinski definition) is 2. The molecule has 2 N–H and O–H groups in total. The number of aromatic nitrogens is 1. The van der Waals surface area contributed by atoms with Crippen molar-refractivity contribution >= 4 is 39.6 Å². The van der Waals surface area contributed by atoms with Crippen molar-refractivity contribution < 1.29 is 19.1 Å². The third kappa shape index (κ3) is 5.59. The van der Waals surface area contributed by atoms with Crippen molar-refractivity contribution in [2.45, 2.75) is 6.92 Å². The van der Waals surface area contributed by atoms with E-state index in [0.717, 1.165) is 4.47 Å². The van der Waals surface area contributed by atoms with Gasteiger partial charge >= 0.3 is 12.2 Å². The Morgan fingerprint density at radius 1 is 1.13 bits per heavy atom. The van der Waals surface area contributed by atoms with E-state index in [2.05, 4.69) is 36.3 Å². The molecule has 8 heteroatoms. The minimum Gasteiger partial charge on any atom is -0.434 e. The second-order valence-electron chi connectivity index (χ2n) is 4.25. The molecule has 0 bridgehead atoms. The minimum atomic E-state index is -0.771. The maximum absolute atomic E-state index is 11.8. The molecule has 1 aromatic heterocycles. The first-order valence-electron chi connectivity index (χ1n) is 6.71. The second kappa shape index (κ2) is 8.14. The molecule has 0 aliphatic carbocycles. The molecule has 1 heterocycles. The number of amides is 2. The Bertz CT molecular complexity index is 674. The molecule has 7 nitrogen and oxygen atoms in total. The zero-order valence-corrected chi connectivity index (χ0v) is 13.8. The summed E-state index contributed by atoms with van der Waals surface area (Å²) in [5, 5.41) is 5.23. The Labute approximate surface area is 141 Å². The topological polar surface area (TPSA) is 89.5 Å². The molecule has 1 aromatic carbocycles. The normalized spacial score (nSPS) is 9.83. The number of nitrogens with one attached hydrogen (secondary N) is 2. The Morgan fingerprint density at radius 3 is 2.48 bits per heavy atom. The first-order valence-corrected chi connectivity index (χ1v) is 7.50. The van der Waals surface area contributed by atoms with Crippen LogP contribution < -0.4 is 15.4 Å². The summed E-state index contributed by atoms with van der Waals surface area (Å²) in [6, 6.07) is 9.30. The Hall–Kier alpha value is -2.61. The number of pyridine rings is 1. The quantitative estimate of drug-likeness (QED) is 0.618. The van der Waals surface area contributed by atoms with Gasteiger partial charge in [-0.05, 0) is 59.3 Å². The van der Waals surface area contributed by atoms with Gasteiger partial charge in [-0.1, -0.05) is 0 Å². The summed E-state index contributed by atoms with van der Waals surface area (Å²) in [6.45, 7) is 1.93. The molecule has 0 aliphatic heterocycles. The smallest absolute Gasteiger partial charge is 0.434 e. The number of urea groups is 1. The van der Waals surface area contributed by atoms with Crippen molar-refractivity contribution in [3.8, 4) is 5.75 Å². The van der Waals surface area contributed by atoms with Gasteiger partial charge in [-0.25, -0.2) is 14.6 Å². The van der Waals surface area contributed by atoms with Crippen molar-refractivity contribution in [3.05, 3.63) is 47.1 Å². The predicted molar refractivity (Wildman–Crippen MR) is 88.7 cm³/mol. The van der Waals surface area contributed by atoms with Gasteiger partial charge in [0.1, 0.15) is 11.6 Å². The number of hydrogen-bond acceptors (Lipinski definition) is 5. The van der Waals surface area contributed by atoms with Crippen LogP contribution in [0.4, 0.5) is 21.1 Å². The van der Waals surface area contributed by atoms with Crippen LogP contribution in [0.1, 0.15) is 6.92 Å². The molecule has 0 aliphatic rings. The summed E-state index contributed by atoms with van der Waals surface area (Å²) >= 11 is 3.26. The van der Waals surface area contributed by atoms with Gasteiger partial charge in [-0.15, -0.1) is 0 Å². The van der Waals surface area contributed by atoms with Crippen LogP contribution in [0.2, 0.25) is 0 Å². The molecule has 0 saturated heterocycles. The van der Waals surface area contributed by atoms with Crippen molar-refractivity contribution in [1.82, 2.24) is 4.98 Å². The van der Waals surface area contributed by atoms with Crippen molar-refractivity contribution in [2.24, 2.45) is 0 Å². The zero-order chi connectivity index (χ0) is 16.7. The molecule has 0 atom stereocenters. The fourth-order valence-corrected chi connectivity index (χ4v) is 1.81. The number of ether oxygens (including phenoxy) is 2. The van der Waals surface area contributed by atoms with Crippen LogP contribution in [0.15, 0.2) is 47.1 Å². The largest absolute Gasteiger partial charge is 0.513 e. The van der Waals surface area contributed by atoms with E-state index in [1.54, 1.807) is 49.5 Å². The van der Waals surface area contributed by atoms with Gasteiger partial charge in [0, 0.05) is 16.4 Å². The summed E-state index contributed by atoms with van der Waals surface area (Å²) in [5.41, 5.74) is 0.538. The van der Waals surface area contributed by atoms with Gasteiger partial charge in [0.25, 0.3) is 0 Å². The predicted octanol–water partition coefficient (Wildman–Crippen LogP) is 4.02. The maximum Gasteiger partial charge on any atom is 0.513 e. The van der Waals surface area contributed by atoms with Crippen molar-refractivity contribution in [2.75, 3.05) is 17.2 Å². The summed E-state index contributed by atoms with van der Waals surface area (Å²) in [4.78, 5) is 27.0. The van der Waals surface area contributed by atoms with Crippen LogP contribution in [0.5, 0.6) is 5.75 Å². The lowest BCUT2D eigenvalue weighted by Gasteiger charge is -2.08. The lowest BCUT2D eigenvalue weighted by molar-refractivity contribution is 0.104. The van der Waals surface area contributed by atoms with Gasteiger partial charge in [0.15, 0.2) is 0 Å². The van der Waals surface area contributed by atoms with E-state index in [4.69, 9.17) is 4.74 Å². The minimum absolute atomic E-state index is 0.239. The number of rotatable bonds is 4. The number of carbonyl (C=O) groups excluding carboxylic acids is 2. The molecule has 0 radical (unpaired) electrons. The van der Waals surface area contributed by atoms with E-state index < -0.39 is 12.2 Å². The lowest BCUT2D eigenvalue weighted by atomic mass is 10.3. The van der Waals surface area contributed by atoms with E-state index in [1.807, 2.05) is 0 Å². The van der Waals surface area contributed by atoms with Gasteiger partial charge in [0.2, 0.25) is 0 Å². The molecule has 23 heavy (non-hydrogen) atoms. The van der Waals surface area contributed by atoms with Gasteiger partial charge in [-0.3, -0.25) is 5.32 Å². The number of carbonyl (C=O) groups is 2. The molecule has 2 aromatic rings. The monoisotopic (exact) mass is 379 g/mol. The van der Waals surface area contributed by atoms with Crippen molar-refractivity contribution in [3.63, 3.8) is 0 Å². The third-order valence-electron chi connectivity index (χ3n) is 2.54. The molecule has 0 spiro atoms. The number of halogens is 1. The first kappa shape index (κ1) is 16.8. The van der Waals surface area contributed by atoms with Crippen molar-refractivity contribution in [1.29, 1.82) is 0 Å². The van der Waals surface area contributed by atoms with Crippen LogP contribution in [0.3, 0.4) is 0 Å². The number of nitrogens with zero attached hydrogens (tertiary/aromatic N) is 1. The molecule has 120 valence electrons. The van der Waals surface area contributed by atoms with Crippen LogP contribution in [0.25, 0.3) is 0 Å². The fourth-order valence-electron chi connectivity index (χ4n) is 1.58. The Kier molecular flexibility index (Phi) is 5.93. The molecule has 2 amide bonds. The average molecular weight is 380 g/mol. The summed E-state index contributed by atoms with van der Waals surface area (Å²) in [5.74, 6) is 0.747.